The molecule has 0 spiro atoms. The van der Waals surface area contributed by atoms with E-state index in [1.807, 2.05) is 0 Å². The van der Waals surface area contributed by atoms with E-state index in [1.165, 1.54) is 103 Å². The highest BCUT2D eigenvalue weighted by molar-refractivity contribution is 7.46. The fraction of sp³-hybridized carbons (Fsp3) is 0.846. The summed E-state index contributed by atoms with van der Waals surface area (Å²) in [4.78, 5) is 42.7. The van der Waals surface area contributed by atoms with E-state index in [2.05, 4.69) is 42.7 Å². The summed E-state index contributed by atoms with van der Waals surface area (Å²) in [6, 6.07) is 0. The van der Waals surface area contributed by atoms with Gasteiger partial charge in [-0.3, -0.25) is 14.1 Å². The molecule has 0 unspecified atom stereocenters. The molecule has 2 N–H and O–H groups in total. The Balaban J connectivity index is 3.97. The summed E-state index contributed by atoms with van der Waals surface area (Å²) in [5.74, 6) is -0.904. The zero-order valence-corrected chi connectivity index (χ0v) is 31.8. The molecule has 8 nitrogen and oxygen atoms in total. The number of hydrogen-bond donors (Lipinski definition) is 2. The third-order valence-electron chi connectivity index (χ3n) is 8.44. The van der Waals surface area contributed by atoms with Crippen molar-refractivity contribution < 1.29 is 37.9 Å². The van der Waals surface area contributed by atoms with Crippen LogP contribution in [0.1, 0.15) is 194 Å². The third-order valence-corrected chi connectivity index (χ3v) is 8.93. The Hall–Kier alpha value is -1.47. The maximum absolute atomic E-state index is 12.4. The predicted molar refractivity (Wildman–Crippen MR) is 198 cm³/mol. The summed E-state index contributed by atoms with van der Waals surface area (Å²) in [5, 5.41) is 0. The molecule has 0 aliphatic rings. The number of phosphoric ester groups is 1. The predicted octanol–water partition coefficient (Wildman–Crippen LogP) is 11.6. The molecular weight excluding hydrogens is 627 g/mol. The van der Waals surface area contributed by atoms with Crippen LogP contribution in [-0.4, -0.2) is 41.0 Å². The van der Waals surface area contributed by atoms with Crippen LogP contribution in [0.2, 0.25) is 0 Å². The zero-order chi connectivity index (χ0) is 35.4. The minimum absolute atomic E-state index is 0.205. The highest BCUT2D eigenvalue weighted by atomic mass is 31.2. The van der Waals surface area contributed by atoms with Gasteiger partial charge >= 0.3 is 19.8 Å². The lowest BCUT2D eigenvalue weighted by Crippen LogP contribution is -2.29. The Bertz CT molecular complexity index is 838. The average molecular weight is 701 g/mol. The van der Waals surface area contributed by atoms with Crippen LogP contribution >= 0.6 is 7.82 Å². The van der Waals surface area contributed by atoms with Crippen LogP contribution in [0.3, 0.4) is 0 Å². The van der Waals surface area contributed by atoms with Gasteiger partial charge in [0.15, 0.2) is 6.10 Å². The highest BCUT2D eigenvalue weighted by Crippen LogP contribution is 2.36. The maximum Gasteiger partial charge on any atom is 0.469 e. The van der Waals surface area contributed by atoms with Crippen LogP contribution in [0.25, 0.3) is 0 Å². The molecule has 1 atom stereocenters. The Morgan fingerprint density at radius 2 is 0.875 bits per heavy atom. The van der Waals surface area contributed by atoms with Gasteiger partial charge in [-0.05, 0) is 64.2 Å². The standard InChI is InChI=1S/C39H73O8P/c1-3-5-7-9-11-13-15-17-19-21-23-25-27-29-31-33-38(40)45-35-37(36-46-48(42,43)44)47-39(41)34-32-30-28-26-24-22-20-18-16-14-12-10-8-6-4-2/h14,16,21,23,37H,3-13,15,17-20,22,24-36H2,1-2H3,(H2,42,43,44)/b16-14+,23-21+/t37-/m1/s1. The zero-order valence-electron chi connectivity index (χ0n) is 30.9. The van der Waals surface area contributed by atoms with Crippen LogP contribution in [0.15, 0.2) is 24.3 Å². The van der Waals surface area contributed by atoms with Gasteiger partial charge in [0.2, 0.25) is 0 Å². The normalized spacial score (nSPS) is 12.7. The Kier molecular flexibility index (Phi) is 34.3. The van der Waals surface area contributed by atoms with E-state index in [0.29, 0.717) is 12.8 Å². The molecule has 0 rings (SSSR count). The van der Waals surface area contributed by atoms with Crippen molar-refractivity contribution in [1.29, 1.82) is 0 Å². The van der Waals surface area contributed by atoms with Crippen molar-refractivity contribution >= 4 is 19.8 Å². The van der Waals surface area contributed by atoms with Gasteiger partial charge in [-0.15, -0.1) is 0 Å². The lowest BCUT2D eigenvalue weighted by molar-refractivity contribution is -0.161. The molecule has 0 bridgehead atoms. The van der Waals surface area contributed by atoms with Crippen LogP contribution < -0.4 is 0 Å². The van der Waals surface area contributed by atoms with Gasteiger partial charge in [0.05, 0.1) is 6.61 Å². The maximum atomic E-state index is 12.4. The second-order valence-electron chi connectivity index (χ2n) is 13.2. The lowest BCUT2D eigenvalue weighted by Gasteiger charge is -2.18. The molecule has 0 radical (unpaired) electrons. The van der Waals surface area contributed by atoms with Crippen molar-refractivity contribution in [2.24, 2.45) is 0 Å². The number of hydrogen-bond acceptors (Lipinski definition) is 6. The number of esters is 2. The lowest BCUT2D eigenvalue weighted by atomic mass is 10.1. The number of allylic oxidation sites excluding steroid dienone is 4. The summed E-state index contributed by atoms with van der Waals surface area (Å²) < 4.78 is 26.3. The van der Waals surface area contributed by atoms with Crippen LogP contribution in [0.5, 0.6) is 0 Å². The quantitative estimate of drug-likeness (QED) is 0.0287. The molecule has 0 aliphatic heterocycles. The minimum atomic E-state index is -4.75. The number of phosphoric acid groups is 1. The average Bonchev–Trinajstić information content (AvgIpc) is 3.05. The molecule has 0 aromatic rings. The molecule has 0 aliphatic carbocycles. The third kappa shape index (κ3) is 37.4. The van der Waals surface area contributed by atoms with Gasteiger partial charge in [0.25, 0.3) is 0 Å². The summed E-state index contributed by atoms with van der Waals surface area (Å²) in [6.07, 6.45) is 39.0. The van der Waals surface area contributed by atoms with Crippen molar-refractivity contribution in [2.75, 3.05) is 13.2 Å². The van der Waals surface area contributed by atoms with Crippen molar-refractivity contribution in [2.45, 2.75) is 200 Å². The molecule has 9 heteroatoms. The highest BCUT2D eigenvalue weighted by Gasteiger charge is 2.22. The van der Waals surface area contributed by atoms with Gasteiger partial charge in [-0.2, -0.15) is 0 Å². The molecule has 0 amide bonds. The first-order valence-corrected chi connectivity index (χ1v) is 21.2. The minimum Gasteiger partial charge on any atom is -0.462 e. The molecular formula is C39H73O8P. The number of carbonyl (C=O) groups excluding carboxylic acids is 2. The molecule has 0 aromatic heterocycles. The van der Waals surface area contributed by atoms with Gasteiger partial charge in [0.1, 0.15) is 6.61 Å². The molecule has 0 heterocycles. The summed E-state index contributed by atoms with van der Waals surface area (Å²) >= 11 is 0. The second kappa shape index (κ2) is 35.4. The molecule has 0 saturated carbocycles. The van der Waals surface area contributed by atoms with Crippen LogP contribution in [-0.2, 0) is 28.2 Å². The molecule has 0 aromatic carbocycles. The summed E-state index contributed by atoms with van der Waals surface area (Å²) in [6.45, 7) is 3.65. The van der Waals surface area contributed by atoms with E-state index >= 15 is 0 Å². The van der Waals surface area contributed by atoms with Gasteiger partial charge in [0, 0.05) is 12.8 Å². The van der Waals surface area contributed by atoms with Crippen molar-refractivity contribution in [3.63, 3.8) is 0 Å². The smallest absolute Gasteiger partial charge is 0.462 e. The summed E-state index contributed by atoms with van der Waals surface area (Å²) in [5.41, 5.74) is 0. The van der Waals surface area contributed by atoms with E-state index < -0.39 is 32.5 Å². The number of ether oxygens (including phenoxy) is 2. The van der Waals surface area contributed by atoms with Crippen molar-refractivity contribution in [1.82, 2.24) is 0 Å². The first-order valence-electron chi connectivity index (χ1n) is 19.6. The molecule has 0 fully saturated rings. The molecule has 48 heavy (non-hydrogen) atoms. The van der Waals surface area contributed by atoms with Gasteiger partial charge < -0.3 is 19.3 Å². The van der Waals surface area contributed by atoms with Crippen LogP contribution in [0, 0.1) is 0 Å². The SMILES string of the molecule is CCCCCC/C=C/CCCCCCCCCC(=O)O[C@H](COC(=O)CCCCC/C=C/CCCCCCCCCC)COP(=O)(O)O. The van der Waals surface area contributed by atoms with Crippen LogP contribution in [0.4, 0.5) is 0 Å². The fourth-order valence-electron chi connectivity index (χ4n) is 5.48. The first kappa shape index (κ1) is 46.5. The van der Waals surface area contributed by atoms with E-state index in [0.717, 1.165) is 51.4 Å². The Labute approximate surface area is 294 Å². The summed E-state index contributed by atoms with van der Waals surface area (Å²) in [7, 11) is -4.75. The first-order chi connectivity index (χ1) is 23.3. The van der Waals surface area contributed by atoms with E-state index in [-0.39, 0.29) is 19.4 Å². The monoisotopic (exact) mass is 701 g/mol. The molecule has 0 saturated heterocycles. The van der Waals surface area contributed by atoms with E-state index in [9.17, 15) is 14.2 Å². The van der Waals surface area contributed by atoms with Gasteiger partial charge in [-0.1, -0.05) is 141 Å². The number of unbranched alkanes of at least 4 members (excludes halogenated alkanes) is 22. The second-order valence-corrected chi connectivity index (χ2v) is 14.5. The number of rotatable bonds is 36. The largest absolute Gasteiger partial charge is 0.469 e. The van der Waals surface area contributed by atoms with Crippen molar-refractivity contribution in [3.05, 3.63) is 24.3 Å². The van der Waals surface area contributed by atoms with Gasteiger partial charge in [-0.25, -0.2) is 4.57 Å². The Morgan fingerprint density at radius 3 is 1.31 bits per heavy atom. The number of carbonyl (C=O) groups is 2. The van der Waals surface area contributed by atoms with E-state index in [1.54, 1.807) is 0 Å². The van der Waals surface area contributed by atoms with Crippen molar-refractivity contribution in [3.8, 4) is 0 Å². The topological polar surface area (TPSA) is 119 Å². The Morgan fingerprint density at radius 1 is 0.521 bits per heavy atom. The van der Waals surface area contributed by atoms with E-state index in [4.69, 9.17) is 19.3 Å². The molecule has 282 valence electrons. The fourth-order valence-corrected chi connectivity index (χ4v) is 5.84.